The Kier molecular flexibility index (Phi) is 4.48. The lowest BCUT2D eigenvalue weighted by molar-refractivity contribution is -0.115. The first-order chi connectivity index (χ1) is 7.50. The van der Waals surface area contributed by atoms with Gasteiger partial charge < -0.3 is 0 Å². The molecule has 0 bridgehead atoms. The van der Waals surface area contributed by atoms with Gasteiger partial charge in [0.15, 0.2) is 5.78 Å². The number of ketones is 1. The fraction of sp³-hybridized carbons (Fsp3) is 0.400. The van der Waals surface area contributed by atoms with Gasteiger partial charge in [0.25, 0.3) is 0 Å². The molecule has 0 saturated heterocycles. The van der Waals surface area contributed by atoms with E-state index in [-0.39, 0.29) is 5.78 Å². The summed E-state index contributed by atoms with van der Waals surface area (Å²) in [7, 11) is 0. The predicted octanol–water partition coefficient (Wildman–Crippen LogP) is 3.99. The highest BCUT2D eigenvalue weighted by atomic mass is 16.1. The Hall–Kier alpha value is -1.37. The van der Waals surface area contributed by atoms with Crippen LogP contribution in [0.5, 0.6) is 0 Å². The minimum Gasteiger partial charge on any atom is -0.295 e. The van der Waals surface area contributed by atoms with Crippen molar-refractivity contribution in [3.05, 3.63) is 48.6 Å². The molecule has 0 amide bonds. The van der Waals surface area contributed by atoms with E-state index in [0.29, 0.717) is 12.3 Å². The van der Waals surface area contributed by atoms with Gasteiger partial charge in [0, 0.05) is 6.42 Å². The molecule has 1 heteroatoms. The summed E-state index contributed by atoms with van der Waals surface area (Å²) in [5.41, 5.74) is 2.88. The molecule has 0 radical (unpaired) electrons. The largest absolute Gasteiger partial charge is 0.295 e. The van der Waals surface area contributed by atoms with E-state index in [9.17, 15) is 4.79 Å². The van der Waals surface area contributed by atoms with Gasteiger partial charge in [0.2, 0.25) is 0 Å². The Bertz CT molecular complexity index is 358. The summed E-state index contributed by atoms with van der Waals surface area (Å²) >= 11 is 0. The zero-order valence-electron chi connectivity index (χ0n) is 10.1. The molecule has 0 saturated carbocycles. The molecule has 0 N–H and O–H groups in total. The first kappa shape index (κ1) is 12.7. The average Bonchev–Trinajstić information content (AvgIpc) is 2.23. The van der Waals surface area contributed by atoms with E-state index < -0.39 is 0 Å². The van der Waals surface area contributed by atoms with E-state index in [2.05, 4.69) is 25.8 Å². The summed E-state index contributed by atoms with van der Waals surface area (Å²) < 4.78 is 0. The highest BCUT2D eigenvalue weighted by Gasteiger charge is 2.13. The lowest BCUT2D eigenvalue weighted by Crippen LogP contribution is -2.06. The van der Waals surface area contributed by atoms with Crippen LogP contribution < -0.4 is 0 Å². The van der Waals surface area contributed by atoms with Crippen LogP contribution in [0.25, 0.3) is 0 Å². The minimum atomic E-state index is 0.178. The molecule has 0 aromatic carbocycles. The third-order valence-electron chi connectivity index (χ3n) is 3.02. The number of allylic oxidation sites excluding steroid dienone is 5. The van der Waals surface area contributed by atoms with Crippen LogP contribution in [0.1, 0.15) is 32.6 Å². The van der Waals surface area contributed by atoms with Crippen LogP contribution in [0.3, 0.4) is 0 Å². The fourth-order valence-electron chi connectivity index (χ4n) is 1.76. The van der Waals surface area contributed by atoms with Crippen LogP contribution in [0.15, 0.2) is 48.6 Å². The van der Waals surface area contributed by atoms with Gasteiger partial charge in [0.05, 0.1) is 0 Å². The molecule has 16 heavy (non-hydrogen) atoms. The summed E-state index contributed by atoms with van der Waals surface area (Å²) in [6.45, 7) is 13.8. The maximum atomic E-state index is 11.7. The molecule has 86 valence electrons. The third kappa shape index (κ3) is 3.65. The minimum absolute atomic E-state index is 0.178. The van der Waals surface area contributed by atoms with Crippen molar-refractivity contribution in [3.63, 3.8) is 0 Å². The number of carbonyl (C=O) groups is 1. The van der Waals surface area contributed by atoms with Crippen LogP contribution in [0.2, 0.25) is 0 Å². The van der Waals surface area contributed by atoms with Crippen molar-refractivity contribution < 1.29 is 4.79 Å². The van der Waals surface area contributed by atoms with Crippen LogP contribution >= 0.6 is 0 Å². The van der Waals surface area contributed by atoms with Crippen molar-refractivity contribution in [2.75, 3.05) is 0 Å². The normalized spacial score (nSPS) is 25.3. The first-order valence-electron chi connectivity index (χ1n) is 5.73. The van der Waals surface area contributed by atoms with Crippen molar-refractivity contribution in [1.29, 1.82) is 0 Å². The van der Waals surface area contributed by atoms with Crippen LogP contribution in [0.4, 0.5) is 0 Å². The first-order valence-corrected chi connectivity index (χ1v) is 5.73. The second kappa shape index (κ2) is 5.64. The molecular weight excluding hydrogens is 196 g/mol. The Morgan fingerprint density at radius 1 is 1.31 bits per heavy atom. The van der Waals surface area contributed by atoms with Gasteiger partial charge in [-0.1, -0.05) is 43.0 Å². The van der Waals surface area contributed by atoms with E-state index >= 15 is 0 Å². The summed E-state index contributed by atoms with van der Waals surface area (Å²) in [5.74, 6) is 0.510. The predicted molar refractivity (Wildman–Crippen MR) is 69.2 cm³/mol. The van der Waals surface area contributed by atoms with Crippen molar-refractivity contribution >= 4 is 5.78 Å². The number of hydrogen-bond donors (Lipinski definition) is 0. The highest BCUT2D eigenvalue weighted by molar-refractivity contribution is 5.94. The van der Waals surface area contributed by atoms with Gasteiger partial charge in [-0.3, -0.25) is 4.79 Å². The van der Waals surface area contributed by atoms with E-state index in [0.717, 1.165) is 36.0 Å². The summed E-state index contributed by atoms with van der Waals surface area (Å²) in [4.78, 5) is 11.7. The second-order valence-electron chi connectivity index (χ2n) is 4.54. The molecule has 0 spiro atoms. The smallest absolute Gasteiger partial charge is 0.158 e. The standard InChI is InChI=1S/C15H20O/c1-11(2)14-8-5-12(3)6-10-15(16)13(4)7-9-14/h5,8,14H,1,3-4,6-7,9-10H2,2H3/b8-5+/t14-/m0/s1. The van der Waals surface area contributed by atoms with E-state index in [1.165, 1.54) is 0 Å². The Balaban J connectivity index is 2.82. The number of Topliss-reactive ketones (excluding diaryl/α,β-unsaturated/α-hetero) is 1. The molecule has 1 aliphatic rings. The highest BCUT2D eigenvalue weighted by Crippen LogP contribution is 2.23. The lowest BCUT2D eigenvalue weighted by atomic mass is 9.89. The van der Waals surface area contributed by atoms with Gasteiger partial charge >= 0.3 is 0 Å². The molecule has 0 fully saturated rings. The average molecular weight is 216 g/mol. The van der Waals surface area contributed by atoms with E-state index in [4.69, 9.17) is 0 Å². The Morgan fingerprint density at radius 2 is 2.00 bits per heavy atom. The lowest BCUT2D eigenvalue weighted by Gasteiger charge is -2.15. The van der Waals surface area contributed by atoms with E-state index in [1.54, 1.807) is 0 Å². The molecule has 0 unspecified atom stereocenters. The van der Waals surface area contributed by atoms with Gasteiger partial charge in [0.1, 0.15) is 0 Å². The number of hydrogen-bond acceptors (Lipinski definition) is 1. The molecule has 1 rings (SSSR count). The van der Waals surface area contributed by atoms with Crippen LogP contribution in [-0.4, -0.2) is 5.78 Å². The molecule has 1 nitrogen and oxygen atoms in total. The van der Waals surface area contributed by atoms with Gasteiger partial charge in [-0.05, 0) is 37.7 Å². The molecule has 1 atom stereocenters. The van der Waals surface area contributed by atoms with Gasteiger partial charge in [-0.2, -0.15) is 0 Å². The van der Waals surface area contributed by atoms with Crippen LogP contribution in [0, 0.1) is 5.92 Å². The third-order valence-corrected chi connectivity index (χ3v) is 3.02. The Labute approximate surface area is 98.2 Å². The monoisotopic (exact) mass is 216 g/mol. The maximum absolute atomic E-state index is 11.7. The Morgan fingerprint density at radius 3 is 2.62 bits per heavy atom. The maximum Gasteiger partial charge on any atom is 0.158 e. The fourth-order valence-corrected chi connectivity index (χ4v) is 1.76. The SMILES string of the molecule is C=C1/C=C/[C@H](C(=C)C)CCC(=C)C(=O)CC1. The van der Waals surface area contributed by atoms with Crippen molar-refractivity contribution in [2.45, 2.75) is 32.6 Å². The zero-order valence-corrected chi connectivity index (χ0v) is 10.1. The van der Waals surface area contributed by atoms with Crippen LogP contribution in [-0.2, 0) is 4.79 Å². The summed E-state index contributed by atoms with van der Waals surface area (Å²) in [6.07, 6.45) is 7.14. The zero-order chi connectivity index (χ0) is 12.1. The molecule has 0 aliphatic heterocycles. The molecule has 0 aromatic rings. The van der Waals surface area contributed by atoms with Gasteiger partial charge in [-0.15, -0.1) is 0 Å². The summed E-state index contributed by atoms with van der Waals surface area (Å²) in [6, 6.07) is 0. The molecular formula is C15H20O. The molecule has 0 aromatic heterocycles. The second-order valence-corrected chi connectivity index (χ2v) is 4.54. The van der Waals surface area contributed by atoms with Crippen molar-refractivity contribution in [1.82, 2.24) is 0 Å². The number of carbonyl (C=O) groups excluding carboxylic acids is 1. The van der Waals surface area contributed by atoms with Gasteiger partial charge in [-0.25, -0.2) is 0 Å². The summed E-state index contributed by atoms with van der Waals surface area (Å²) in [5, 5.41) is 0. The quantitative estimate of drug-likeness (QED) is 0.478. The topological polar surface area (TPSA) is 17.1 Å². The van der Waals surface area contributed by atoms with E-state index in [1.807, 2.05) is 13.0 Å². The van der Waals surface area contributed by atoms with Crippen molar-refractivity contribution in [3.8, 4) is 0 Å². The molecule has 1 aliphatic carbocycles. The van der Waals surface area contributed by atoms with Crippen molar-refractivity contribution in [2.24, 2.45) is 5.92 Å². The number of rotatable bonds is 1. The molecule has 0 heterocycles.